The summed E-state index contributed by atoms with van der Waals surface area (Å²) in [6, 6.07) is 9.41. The van der Waals surface area contributed by atoms with Gasteiger partial charge in [-0.1, -0.05) is 12.1 Å². The van der Waals surface area contributed by atoms with Crippen LogP contribution >= 0.6 is 0 Å². The highest BCUT2D eigenvalue weighted by molar-refractivity contribution is 5.96. The third kappa shape index (κ3) is 2.38. The van der Waals surface area contributed by atoms with Crippen molar-refractivity contribution in [1.29, 1.82) is 0 Å². The number of nitrogens with zero attached hydrogens (tertiary/aromatic N) is 2. The van der Waals surface area contributed by atoms with Crippen LogP contribution < -0.4 is 10.6 Å². The minimum atomic E-state index is -0.535. The normalized spacial score (nSPS) is 14.0. The smallest absolute Gasteiger partial charge is 0.267 e. The van der Waals surface area contributed by atoms with E-state index in [0.717, 1.165) is 28.8 Å². The number of nitrogens with two attached hydrogens (primary N) is 1. The molecule has 3 rings (SSSR count). The number of fused-ring (bicyclic) bond motifs is 1. The van der Waals surface area contributed by atoms with Crippen LogP contribution in [0.4, 0.5) is 5.69 Å². The Kier molecular flexibility index (Phi) is 3.17. The minimum Gasteiger partial charge on any atom is -0.364 e. The molecule has 1 aliphatic rings. The largest absolute Gasteiger partial charge is 0.364 e. The van der Waals surface area contributed by atoms with Crippen molar-refractivity contribution in [3.05, 3.63) is 47.8 Å². The number of carbonyl (C=O) groups excluding carboxylic acids is 2. The number of aryl methyl sites for hydroxylation is 1. The summed E-state index contributed by atoms with van der Waals surface area (Å²) in [5.41, 5.74) is 9.47. The zero-order valence-corrected chi connectivity index (χ0v) is 11.7. The molecular formula is C16H15N3O2. The van der Waals surface area contributed by atoms with Gasteiger partial charge in [0.05, 0.1) is 0 Å². The van der Waals surface area contributed by atoms with E-state index in [1.807, 2.05) is 18.2 Å². The molecule has 1 aromatic carbocycles. The maximum atomic E-state index is 11.7. The highest BCUT2D eigenvalue weighted by Gasteiger charge is 2.20. The number of primary amides is 1. The van der Waals surface area contributed by atoms with E-state index < -0.39 is 5.91 Å². The van der Waals surface area contributed by atoms with Crippen LogP contribution in [-0.4, -0.2) is 23.8 Å². The molecule has 0 bridgehead atoms. The molecule has 0 saturated carbocycles. The first kappa shape index (κ1) is 13.3. The van der Waals surface area contributed by atoms with Gasteiger partial charge < -0.3 is 10.6 Å². The second-order valence-corrected chi connectivity index (χ2v) is 5.09. The second-order valence-electron chi connectivity index (χ2n) is 5.09. The summed E-state index contributed by atoms with van der Waals surface area (Å²) in [7, 11) is 1.79. The maximum absolute atomic E-state index is 11.7. The number of amides is 2. The van der Waals surface area contributed by atoms with Crippen molar-refractivity contribution in [1.82, 2.24) is 4.98 Å². The molecule has 0 unspecified atom stereocenters. The van der Waals surface area contributed by atoms with Crippen molar-refractivity contribution in [2.24, 2.45) is 5.73 Å². The summed E-state index contributed by atoms with van der Waals surface area (Å²) in [5, 5.41) is 0. The molecule has 0 atom stereocenters. The lowest BCUT2D eigenvalue weighted by Gasteiger charge is -2.26. The van der Waals surface area contributed by atoms with Gasteiger partial charge in [0.1, 0.15) is 5.69 Å². The van der Waals surface area contributed by atoms with Crippen molar-refractivity contribution in [3.63, 3.8) is 0 Å². The summed E-state index contributed by atoms with van der Waals surface area (Å²) in [4.78, 5) is 28.5. The van der Waals surface area contributed by atoms with Crippen LogP contribution in [0.25, 0.3) is 11.1 Å². The molecular weight excluding hydrogens is 266 g/mol. The predicted molar refractivity (Wildman–Crippen MR) is 79.9 cm³/mol. The molecule has 0 spiro atoms. The fourth-order valence-electron chi connectivity index (χ4n) is 2.55. The Morgan fingerprint density at radius 3 is 2.62 bits per heavy atom. The number of pyridine rings is 1. The van der Waals surface area contributed by atoms with Crippen LogP contribution in [-0.2, 0) is 11.2 Å². The molecule has 0 aliphatic carbocycles. The average Bonchev–Trinajstić information content (AvgIpc) is 2.51. The Balaban J connectivity index is 1.97. The van der Waals surface area contributed by atoms with Crippen LogP contribution in [0.2, 0.25) is 0 Å². The topological polar surface area (TPSA) is 76.3 Å². The molecule has 2 aromatic rings. The highest BCUT2D eigenvalue weighted by Crippen LogP contribution is 2.31. The van der Waals surface area contributed by atoms with E-state index in [1.165, 1.54) is 0 Å². The Morgan fingerprint density at radius 2 is 1.95 bits per heavy atom. The van der Waals surface area contributed by atoms with Crippen LogP contribution in [0, 0.1) is 0 Å². The highest BCUT2D eigenvalue weighted by atomic mass is 16.2. The SMILES string of the molecule is CN1C(=O)CCc2cc(-c3ccc(C(N)=O)nc3)ccc21. The van der Waals surface area contributed by atoms with Gasteiger partial charge in [0.25, 0.3) is 5.91 Å². The number of benzene rings is 1. The van der Waals surface area contributed by atoms with Crippen LogP contribution in [0.5, 0.6) is 0 Å². The standard InChI is InChI=1S/C16H15N3O2/c1-19-14-6-3-10(8-11(14)4-7-15(19)20)12-2-5-13(16(17)21)18-9-12/h2-3,5-6,8-9H,4,7H2,1H3,(H2,17,21). The number of carbonyl (C=O) groups is 2. The lowest BCUT2D eigenvalue weighted by molar-refractivity contribution is -0.118. The van der Waals surface area contributed by atoms with Gasteiger partial charge in [0.15, 0.2) is 0 Å². The quantitative estimate of drug-likeness (QED) is 0.911. The van der Waals surface area contributed by atoms with Gasteiger partial charge in [-0.05, 0) is 35.7 Å². The minimum absolute atomic E-state index is 0.141. The third-order valence-corrected chi connectivity index (χ3v) is 3.77. The average molecular weight is 281 g/mol. The van der Waals surface area contributed by atoms with Crippen LogP contribution in [0.15, 0.2) is 36.5 Å². The molecule has 21 heavy (non-hydrogen) atoms. The van der Waals surface area contributed by atoms with E-state index in [9.17, 15) is 9.59 Å². The Labute approximate surface area is 122 Å². The zero-order chi connectivity index (χ0) is 15.0. The van der Waals surface area contributed by atoms with Crippen LogP contribution in [0.3, 0.4) is 0 Å². The molecule has 5 nitrogen and oxygen atoms in total. The first-order valence-electron chi connectivity index (χ1n) is 6.72. The first-order chi connectivity index (χ1) is 10.1. The van der Waals surface area contributed by atoms with Crippen molar-refractivity contribution in [3.8, 4) is 11.1 Å². The summed E-state index contributed by atoms with van der Waals surface area (Å²) in [6.45, 7) is 0. The maximum Gasteiger partial charge on any atom is 0.267 e. The fourth-order valence-corrected chi connectivity index (χ4v) is 2.55. The van der Waals surface area contributed by atoms with Crippen molar-refractivity contribution in [2.75, 3.05) is 11.9 Å². The van der Waals surface area contributed by atoms with Crippen LogP contribution in [0.1, 0.15) is 22.5 Å². The van der Waals surface area contributed by atoms with Crippen molar-refractivity contribution in [2.45, 2.75) is 12.8 Å². The number of hydrogen-bond donors (Lipinski definition) is 1. The molecule has 2 N–H and O–H groups in total. The van der Waals surface area contributed by atoms with E-state index in [0.29, 0.717) is 6.42 Å². The summed E-state index contributed by atoms with van der Waals surface area (Å²) in [6.07, 6.45) is 2.92. The summed E-state index contributed by atoms with van der Waals surface area (Å²) >= 11 is 0. The van der Waals surface area contributed by atoms with Gasteiger partial charge in [0.2, 0.25) is 5.91 Å². The fraction of sp³-hybridized carbons (Fsp3) is 0.188. The lowest BCUT2D eigenvalue weighted by Crippen LogP contribution is -2.30. The van der Waals surface area contributed by atoms with Gasteiger partial charge in [-0.25, -0.2) is 0 Å². The van der Waals surface area contributed by atoms with E-state index in [4.69, 9.17) is 5.73 Å². The number of aromatic nitrogens is 1. The third-order valence-electron chi connectivity index (χ3n) is 3.77. The molecule has 5 heteroatoms. The Hall–Kier alpha value is -2.69. The molecule has 2 amide bonds. The Morgan fingerprint density at radius 1 is 1.19 bits per heavy atom. The summed E-state index contributed by atoms with van der Waals surface area (Å²) in [5.74, 6) is -0.394. The molecule has 0 radical (unpaired) electrons. The van der Waals surface area contributed by atoms with Gasteiger partial charge in [-0.2, -0.15) is 0 Å². The van der Waals surface area contributed by atoms with E-state index in [1.54, 1.807) is 24.2 Å². The summed E-state index contributed by atoms with van der Waals surface area (Å²) < 4.78 is 0. The van der Waals surface area contributed by atoms with Gasteiger partial charge >= 0.3 is 0 Å². The molecule has 1 aromatic heterocycles. The predicted octanol–water partition coefficient (Wildman–Crippen LogP) is 1.76. The zero-order valence-electron chi connectivity index (χ0n) is 11.7. The van der Waals surface area contributed by atoms with Gasteiger partial charge in [-0.15, -0.1) is 0 Å². The molecule has 0 fully saturated rings. The first-order valence-corrected chi connectivity index (χ1v) is 6.72. The monoisotopic (exact) mass is 281 g/mol. The Bertz CT molecular complexity index is 723. The van der Waals surface area contributed by atoms with Crippen molar-refractivity contribution >= 4 is 17.5 Å². The number of anilines is 1. The second kappa shape index (κ2) is 5.01. The van der Waals surface area contributed by atoms with E-state index in [2.05, 4.69) is 11.1 Å². The number of hydrogen-bond acceptors (Lipinski definition) is 3. The number of rotatable bonds is 2. The molecule has 1 aliphatic heterocycles. The van der Waals surface area contributed by atoms with Gasteiger partial charge in [-0.3, -0.25) is 14.6 Å². The molecule has 2 heterocycles. The molecule has 106 valence electrons. The lowest BCUT2D eigenvalue weighted by atomic mass is 9.97. The van der Waals surface area contributed by atoms with Gasteiger partial charge in [0, 0.05) is 30.9 Å². The van der Waals surface area contributed by atoms with E-state index >= 15 is 0 Å². The van der Waals surface area contributed by atoms with Crippen molar-refractivity contribution < 1.29 is 9.59 Å². The van der Waals surface area contributed by atoms with E-state index in [-0.39, 0.29) is 11.6 Å². The molecule has 0 saturated heterocycles.